The summed E-state index contributed by atoms with van der Waals surface area (Å²) in [6.45, 7) is 2.10. The lowest BCUT2D eigenvalue weighted by Gasteiger charge is -1.98. The van der Waals surface area contributed by atoms with E-state index in [9.17, 15) is 9.59 Å². The predicted molar refractivity (Wildman–Crippen MR) is 101 cm³/mol. The van der Waals surface area contributed by atoms with Crippen LogP contribution in [0.3, 0.4) is 0 Å². The van der Waals surface area contributed by atoms with E-state index < -0.39 is 0 Å². The first kappa shape index (κ1) is 17.3. The van der Waals surface area contributed by atoms with Gasteiger partial charge < -0.3 is 13.9 Å². The number of ether oxygens (including phenoxy) is 2. The van der Waals surface area contributed by atoms with Crippen LogP contribution in [-0.2, 0) is 16.0 Å². The van der Waals surface area contributed by atoms with Gasteiger partial charge in [-0.2, -0.15) is 0 Å². The quantitative estimate of drug-likeness (QED) is 0.372. The van der Waals surface area contributed by atoms with E-state index in [4.69, 9.17) is 13.9 Å². The Morgan fingerprint density at radius 1 is 1.37 bits per heavy atom. The number of imidazole rings is 1. The molecule has 0 fully saturated rings. The van der Waals surface area contributed by atoms with Crippen LogP contribution in [0.4, 0.5) is 0 Å². The van der Waals surface area contributed by atoms with Crippen molar-refractivity contribution in [3.63, 3.8) is 0 Å². The molecule has 0 radical (unpaired) electrons. The summed E-state index contributed by atoms with van der Waals surface area (Å²) in [5, 5.41) is 0.862. The Kier molecular flexibility index (Phi) is 4.41. The van der Waals surface area contributed by atoms with Crippen molar-refractivity contribution < 1.29 is 23.5 Å². The number of carbonyl (C=O) groups excluding carboxylic acids is 2. The number of methoxy groups -OCH3 is 1. The monoisotopic (exact) mass is 384 g/mol. The van der Waals surface area contributed by atoms with E-state index in [2.05, 4.69) is 4.98 Å². The Hall–Kier alpha value is -3.13. The SMILES string of the molecule is CCOC(=O)Cc1cn2c(C=O)c(-c3cc4cc(OC)ccc4o3)nc2s1. The molecule has 1 aromatic carbocycles. The molecule has 0 aliphatic heterocycles. The van der Waals surface area contributed by atoms with Gasteiger partial charge in [0, 0.05) is 16.5 Å². The van der Waals surface area contributed by atoms with Crippen LogP contribution in [-0.4, -0.2) is 35.4 Å². The van der Waals surface area contributed by atoms with Gasteiger partial charge in [0.25, 0.3) is 0 Å². The number of aldehydes is 1. The Balaban J connectivity index is 1.74. The second-order valence-electron chi connectivity index (χ2n) is 5.81. The third kappa shape index (κ3) is 3.08. The Morgan fingerprint density at radius 2 is 2.22 bits per heavy atom. The molecular weight excluding hydrogens is 368 g/mol. The summed E-state index contributed by atoms with van der Waals surface area (Å²) in [6.07, 6.45) is 2.63. The number of esters is 1. The summed E-state index contributed by atoms with van der Waals surface area (Å²) in [4.78, 5) is 29.3. The number of hydrogen-bond acceptors (Lipinski definition) is 7. The molecule has 0 saturated heterocycles. The van der Waals surface area contributed by atoms with Crippen molar-refractivity contribution in [1.29, 1.82) is 0 Å². The van der Waals surface area contributed by atoms with Crippen molar-refractivity contribution in [2.75, 3.05) is 13.7 Å². The van der Waals surface area contributed by atoms with Gasteiger partial charge in [-0.3, -0.25) is 14.0 Å². The van der Waals surface area contributed by atoms with Gasteiger partial charge in [-0.15, -0.1) is 11.3 Å². The van der Waals surface area contributed by atoms with Crippen LogP contribution in [0, 0.1) is 0 Å². The predicted octanol–water partition coefficient (Wildman–Crippen LogP) is 3.74. The topological polar surface area (TPSA) is 83.0 Å². The fraction of sp³-hybridized carbons (Fsp3) is 0.211. The van der Waals surface area contributed by atoms with Gasteiger partial charge in [0.2, 0.25) is 0 Å². The highest BCUT2D eigenvalue weighted by atomic mass is 32.1. The van der Waals surface area contributed by atoms with Crippen molar-refractivity contribution in [3.8, 4) is 17.2 Å². The van der Waals surface area contributed by atoms with Crippen LogP contribution in [0.15, 0.2) is 34.9 Å². The zero-order valence-electron chi connectivity index (χ0n) is 14.7. The van der Waals surface area contributed by atoms with E-state index in [0.29, 0.717) is 34.3 Å². The molecule has 0 N–H and O–H groups in total. The highest BCUT2D eigenvalue weighted by Crippen LogP contribution is 2.33. The van der Waals surface area contributed by atoms with E-state index in [-0.39, 0.29) is 12.4 Å². The average Bonchev–Trinajstić information content (AvgIpc) is 3.32. The largest absolute Gasteiger partial charge is 0.497 e. The summed E-state index contributed by atoms with van der Waals surface area (Å²) >= 11 is 1.34. The Bertz CT molecular complexity index is 1150. The first-order chi connectivity index (χ1) is 13.1. The summed E-state index contributed by atoms with van der Waals surface area (Å²) in [5.74, 6) is 0.921. The van der Waals surface area contributed by atoms with Crippen molar-refractivity contribution in [2.45, 2.75) is 13.3 Å². The fourth-order valence-corrected chi connectivity index (χ4v) is 3.87. The highest BCUT2D eigenvalue weighted by molar-refractivity contribution is 7.17. The smallest absolute Gasteiger partial charge is 0.311 e. The zero-order valence-corrected chi connectivity index (χ0v) is 15.5. The molecule has 0 unspecified atom stereocenters. The average molecular weight is 384 g/mol. The summed E-state index contributed by atoms with van der Waals surface area (Å²) in [7, 11) is 1.60. The van der Waals surface area contributed by atoms with E-state index in [0.717, 1.165) is 22.3 Å². The summed E-state index contributed by atoms with van der Waals surface area (Å²) in [5.41, 5.74) is 1.53. The minimum atomic E-state index is -0.305. The molecule has 0 saturated carbocycles. The van der Waals surface area contributed by atoms with Gasteiger partial charge in [-0.25, -0.2) is 4.98 Å². The van der Waals surface area contributed by atoms with Crippen molar-refractivity contribution >= 4 is 39.5 Å². The maximum Gasteiger partial charge on any atom is 0.311 e. The molecule has 0 amide bonds. The van der Waals surface area contributed by atoms with Gasteiger partial charge in [0.05, 0.1) is 20.1 Å². The number of carbonyl (C=O) groups is 2. The van der Waals surface area contributed by atoms with Gasteiger partial charge in [0.15, 0.2) is 17.0 Å². The van der Waals surface area contributed by atoms with Crippen molar-refractivity contribution in [2.24, 2.45) is 0 Å². The molecule has 0 aliphatic carbocycles. The van der Waals surface area contributed by atoms with Crippen LogP contribution >= 0.6 is 11.3 Å². The number of rotatable bonds is 6. The molecule has 8 heteroatoms. The molecule has 0 bridgehead atoms. The van der Waals surface area contributed by atoms with Crippen LogP contribution in [0.25, 0.3) is 27.4 Å². The van der Waals surface area contributed by atoms with E-state index >= 15 is 0 Å². The van der Waals surface area contributed by atoms with E-state index in [1.165, 1.54) is 11.3 Å². The first-order valence-corrected chi connectivity index (χ1v) is 9.14. The van der Waals surface area contributed by atoms with Gasteiger partial charge in [0.1, 0.15) is 22.7 Å². The summed E-state index contributed by atoms with van der Waals surface area (Å²) in [6, 6.07) is 7.31. The lowest BCUT2D eigenvalue weighted by molar-refractivity contribution is -0.142. The summed E-state index contributed by atoms with van der Waals surface area (Å²) < 4.78 is 17.7. The molecule has 0 aliphatic rings. The molecular formula is C19H16N2O5S. The second-order valence-corrected chi connectivity index (χ2v) is 6.90. The molecule has 0 atom stereocenters. The highest BCUT2D eigenvalue weighted by Gasteiger charge is 2.20. The third-order valence-corrected chi connectivity index (χ3v) is 5.09. The minimum Gasteiger partial charge on any atom is -0.497 e. The Labute approximate surface area is 158 Å². The number of benzene rings is 1. The number of hydrogen-bond donors (Lipinski definition) is 0. The number of furan rings is 1. The van der Waals surface area contributed by atoms with Gasteiger partial charge in [-0.1, -0.05) is 0 Å². The van der Waals surface area contributed by atoms with Gasteiger partial charge >= 0.3 is 5.97 Å². The van der Waals surface area contributed by atoms with Crippen LogP contribution < -0.4 is 4.74 Å². The molecule has 3 heterocycles. The van der Waals surface area contributed by atoms with Crippen LogP contribution in [0.5, 0.6) is 5.75 Å². The normalized spacial score (nSPS) is 11.2. The molecule has 3 aromatic heterocycles. The lowest BCUT2D eigenvalue weighted by atomic mass is 10.2. The molecule has 4 aromatic rings. The number of nitrogens with zero attached hydrogens (tertiary/aromatic N) is 2. The maximum absolute atomic E-state index is 11.7. The number of thiazole rings is 1. The molecule has 7 nitrogen and oxygen atoms in total. The second kappa shape index (κ2) is 6.88. The minimum absolute atomic E-state index is 0.153. The van der Waals surface area contributed by atoms with Crippen molar-refractivity contribution in [1.82, 2.24) is 9.38 Å². The molecule has 0 spiro atoms. The standard InChI is InChI=1S/C19H16N2O5S/c1-3-25-17(23)8-13-9-21-14(10-22)18(20-19(21)27-13)16-7-11-6-12(24-2)4-5-15(11)26-16/h4-7,9-10H,3,8H2,1-2H3. The fourth-order valence-electron chi connectivity index (χ4n) is 2.90. The molecule has 138 valence electrons. The number of aromatic nitrogens is 2. The molecule has 4 rings (SSSR count). The van der Waals surface area contributed by atoms with E-state index in [1.54, 1.807) is 24.6 Å². The lowest BCUT2D eigenvalue weighted by Crippen LogP contribution is -2.06. The van der Waals surface area contributed by atoms with Crippen molar-refractivity contribution in [3.05, 3.63) is 41.0 Å². The first-order valence-electron chi connectivity index (χ1n) is 8.32. The van der Waals surface area contributed by atoms with Crippen LogP contribution in [0.2, 0.25) is 0 Å². The number of fused-ring (bicyclic) bond motifs is 2. The maximum atomic E-state index is 11.7. The van der Waals surface area contributed by atoms with Crippen LogP contribution in [0.1, 0.15) is 22.3 Å². The molecule has 27 heavy (non-hydrogen) atoms. The van der Waals surface area contributed by atoms with E-state index in [1.807, 2.05) is 24.3 Å². The Morgan fingerprint density at radius 3 is 2.96 bits per heavy atom. The third-order valence-electron chi connectivity index (χ3n) is 4.10. The zero-order chi connectivity index (χ0) is 19.0. The van der Waals surface area contributed by atoms with Gasteiger partial charge in [-0.05, 0) is 31.2 Å².